The highest BCUT2D eigenvalue weighted by molar-refractivity contribution is 9.10. The number of methoxy groups -OCH3 is 1. The van der Waals surface area contributed by atoms with Crippen molar-refractivity contribution < 1.29 is 4.74 Å². The Labute approximate surface area is 130 Å². The van der Waals surface area contributed by atoms with Crippen LogP contribution in [0, 0.1) is 5.41 Å². The molecule has 0 amide bonds. The number of ether oxygens (including phenoxy) is 1. The minimum absolute atomic E-state index is 0.420. The highest BCUT2D eigenvalue weighted by atomic mass is 79.9. The summed E-state index contributed by atoms with van der Waals surface area (Å²) in [5.41, 5.74) is 3.14. The molecule has 0 atom stereocenters. The van der Waals surface area contributed by atoms with E-state index in [0.29, 0.717) is 5.41 Å². The second-order valence-electron chi connectivity index (χ2n) is 6.28. The van der Waals surface area contributed by atoms with E-state index in [0.717, 1.165) is 37.3 Å². The molecule has 1 aromatic carbocycles. The largest absolute Gasteiger partial charge is 0.383 e. The normalized spacial score (nSPS) is 17.7. The van der Waals surface area contributed by atoms with Gasteiger partial charge >= 0.3 is 0 Å². The van der Waals surface area contributed by atoms with Gasteiger partial charge in [0.15, 0.2) is 0 Å². The van der Waals surface area contributed by atoms with Crippen LogP contribution in [0.3, 0.4) is 0 Å². The summed E-state index contributed by atoms with van der Waals surface area (Å²) in [6.07, 6.45) is 1.26. The zero-order chi connectivity index (χ0) is 14.6. The third-order valence-corrected chi connectivity index (χ3v) is 4.36. The lowest BCUT2D eigenvalue weighted by Gasteiger charge is -2.24. The minimum atomic E-state index is 0.420. The van der Waals surface area contributed by atoms with Crippen LogP contribution in [0.15, 0.2) is 22.7 Å². The molecule has 0 saturated carbocycles. The fraction of sp³-hybridized carbons (Fsp3) is 0.625. The lowest BCUT2D eigenvalue weighted by molar-refractivity contribution is 0.199. The summed E-state index contributed by atoms with van der Waals surface area (Å²) in [6, 6.07) is 6.58. The van der Waals surface area contributed by atoms with Gasteiger partial charge in [-0.1, -0.05) is 35.8 Å². The lowest BCUT2D eigenvalue weighted by Crippen LogP contribution is -2.25. The van der Waals surface area contributed by atoms with Crippen LogP contribution in [0.25, 0.3) is 0 Å². The molecule has 1 N–H and O–H groups in total. The summed E-state index contributed by atoms with van der Waals surface area (Å²) in [5.74, 6) is 0. The smallest absolute Gasteiger partial charge is 0.0587 e. The molecule has 0 spiro atoms. The first-order valence-corrected chi connectivity index (χ1v) is 8.04. The second kappa shape index (κ2) is 6.92. The van der Waals surface area contributed by atoms with Crippen molar-refractivity contribution in [1.29, 1.82) is 0 Å². The predicted octanol–water partition coefficient (Wildman–Crippen LogP) is 3.42. The van der Waals surface area contributed by atoms with Crippen LogP contribution in [-0.2, 0) is 11.3 Å². The van der Waals surface area contributed by atoms with E-state index in [1.54, 1.807) is 7.11 Å². The Bertz CT molecular complexity index is 448. The summed E-state index contributed by atoms with van der Waals surface area (Å²) >= 11 is 3.60. The Morgan fingerprint density at radius 2 is 2.20 bits per heavy atom. The first-order valence-electron chi connectivity index (χ1n) is 7.25. The number of anilines is 1. The fourth-order valence-electron chi connectivity index (χ4n) is 2.70. The molecule has 1 saturated heterocycles. The molecule has 1 heterocycles. The van der Waals surface area contributed by atoms with E-state index in [2.05, 4.69) is 58.2 Å². The van der Waals surface area contributed by atoms with Crippen LogP contribution in [-0.4, -0.2) is 33.4 Å². The standard InChI is InChI=1S/C16H25BrN2O/c1-16(2)6-8-19(12-16)15-10-14(17)5-4-13(15)11-18-7-9-20-3/h4-5,10,18H,6-9,11-12H2,1-3H3. The molecular weight excluding hydrogens is 316 g/mol. The number of hydrogen-bond acceptors (Lipinski definition) is 3. The van der Waals surface area contributed by atoms with Crippen molar-refractivity contribution in [2.24, 2.45) is 5.41 Å². The third-order valence-electron chi connectivity index (χ3n) is 3.86. The molecular formula is C16H25BrN2O. The lowest BCUT2D eigenvalue weighted by atomic mass is 9.93. The maximum atomic E-state index is 5.08. The van der Waals surface area contributed by atoms with Gasteiger partial charge in [-0.05, 0) is 29.5 Å². The highest BCUT2D eigenvalue weighted by Crippen LogP contribution is 2.35. The average molecular weight is 341 g/mol. The first-order chi connectivity index (χ1) is 9.52. The molecule has 0 bridgehead atoms. The Morgan fingerprint density at radius 1 is 1.40 bits per heavy atom. The predicted molar refractivity (Wildman–Crippen MR) is 88.3 cm³/mol. The van der Waals surface area contributed by atoms with E-state index >= 15 is 0 Å². The van der Waals surface area contributed by atoms with E-state index in [-0.39, 0.29) is 0 Å². The van der Waals surface area contributed by atoms with Gasteiger partial charge in [0.2, 0.25) is 0 Å². The summed E-state index contributed by atoms with van der Waals surface area (Å²) in [6.45, 7) is 9.51. The maximum absolute atomic E-state index is 5.08. The summed E-state index contributed by atoms with van der Waals surface area (Å²) in [4.78, 5) is 2.51. The van der Waals surface area contributed by atoms with Crippen LogP contribution >= 0.6 is 15.9 Å². The van der Waals surface area contributed by atoms with Crippen molar-refractivity contribution in [3.8, 4) is 0 Å². The van der Waals surface area contributed by atoms with E-state index in [1.165, 1.54) is 17.7 Å². The second-order valence-corrected chi connectivity index (χ2v) is 7.19. The molecule has 1 aliphatic heterocycles. The van der Waals surface area contributed by atoms with Crippen LogP contribution in [0.5, 0.6) is 0 Å². The number of hydrogen-bond donors (Lipinski definition) is 1. The topological polar surface area (TPSA) is 24.5 Å². The molecule has 0 unspecified atom stereocenters. The number of benzene rings is 1. The van der Waals surface area contributed by atoms with Gasteiger partial charge < -0.3 is 15.0 Å². The Morgan fingerprint density at radius 3 is 2.85 bits per heavy atom. The average Bonchev–Trinajstić information content (AvgIpc) is 2.76. The fourth-order valence-corrected chi connectivity index (χ4v) is 3.05. The van der Waals surface area contributed by atoms with Gasteiger partial charge in [0, 0.05) is 43.4 Å². The molecule has 1 aliphatic rings. The highest BCUT2D eigenvalue weighted by Gasteiger charge is 2.30. The van der Waals surface area contributed by atoms with Gasteiger partial charge in [0.25, 0.3) is 0 Å². The van der Waals surface area contributed by atoms with Crippen molar-refractivity contribution in [3.63, 3.8) is 0 Å². The van der Waals surface area contributed by atoms with Gasteiger partial charge in [-0.3, -0.25) is 0 Å². The zero-order valence-corrected chi connectivity index (χ0v) is 14.3. The Balaban J connectivity index is 2.08. The molecule has 3 nitrogen and oxygen atoms in total. The molecule has 112 valence electrons. The molecule has 0 aromatic heterocycles. The molecule has 20 heavy (non-hydrogen) atoms. The summed E-state index contributed by atoms with van der Waals surface area (Å²) in [7, 11) is 1.74. The number of rotatable bonds is 6. The van der Waals surface area contributed by atoms with Crippen LogP contribution in [0.4, 0.5) is 5.69 Å². The molecule has 2 rings (SSSR count). The minimum Gasteiger partial charge on any atom is -0.383 e. The molecule has 1 fully saturated rings. The van der Waals surface area contributed by atoms with Crippen molar-refractivity contribution in [1.82, 2.24) is 5.32 Å². The van der Waals surface area contributed by atoms with Gasteiger partial charge in [0.1, 0.15) is 0 Å². The van der Waals surface area contributed by atoms with Crippen molar-refractivity contribution >= 4 is 21.6 Å². The quantitative estimate of drug-likeness (QED) is 0.803. The number of nitrogens with one attached hydrogen (secondary N) is 1. The van der Waals surface area contributed by atoms with Crippen molar-refractivity contribution in [2.75, 3.05) is 38.3 Å². The van der Waals surface area contributed by atoms with Crippen LogP contribution < -0.4 is 10.2 Å². The van der Waals surface area contributed by atoms with E-state index in [9.17, 15) is 0 Å². The Hall–Kier alpha value is -0.580. The SMILES string of the molecule is COCCNCc1ccc(Br)cc1N1CCC(C)(C)C1. The van der Waals surface area contributed by atoms with E-state index < -0.39 is 0 Å². The zero-order valence-electron chi connectivity index (χ0n) is 12.7. The van der Waals surface area contributed by atoms with Crippen molar-refractivity contribution in [2.45, 2.75) is 26.8 Å². The van der Waals surface area contributed by atoms with Crippen LogP contribution in [0.1, 0.15) is 25.8 Å². The molecule has 1 aromatic rings. The van der Waals surface area contributed by atoms with Gasteiger partial charge in [-0.25, -0.2) is 0 Å². The van der Waals surface area contributed by atoms with Crippen molar-refractivity contribution in [3.05, 3.63) is 28.2 Å². The van der Waals surface area contributed by atoms with Gasteiger partial charge in [-0.2, -0.15) is 0 Å². The molecule has 0 radical (unpaired) electrons. The monoisotopic (exact) mass is 340 g/mol. The van der Waals surface area contributed by atoms with Crippen LogP contribution in [0.2, 0.25) is 0 Å². The van der Waals surface area contributed by atoms with Gasteiger partial charge in [0.05, 0.1) is 6.61 Å². The molecule has 0 aliphatic carbocycles. The molecule has 4 heteroatoms. The van der Waals surface area contributed by atoms with E-state index in [1.807, 2.05) is 0 Å². The Kier molecular flexibility index (Phi) is 5.47. The summed E-state index contributed by atoms with van der Waals surface area (Å²) in [5, 5.41) is 3.44. The van der Waals surface area contributed by atoms with Gasteiger partial charge in [-0.15, -0.1) is 0 Å². The number of nitrogens with zero attached hydrogens (tertiary/aromatic N) is 1. The van der Waals surface area contributed by atoms with E-state index in [4.69, 9.17) is 4.74 Å². The third kappa shape index (κ3) is 4.21. The maximum Gasteiger partial charge on any atom is 0.0587 e. The first kappa shape index (κ1) is 15.8. The summed E-state index contributed by atoms with van der Waals surface area (Å²) < 4.78 is 6.23. The number of halogens is 1.